The number of thiophene rings is 1. The smallest absolute Gasteiger partial charge is 0.345 e. The molecule has 1 aromatic heterocycles. The fourth-order valence-corrected chi connectivity index (χ4v) is 2.79. The second-order valence-corrected chi connectivity index (χ2v) is 5.56. The van der Waals surface area contributed by atoms with Gasteiger partial charge in [-0.1, -0.05) is 19.1 Å². The molecule has 1 aromatic carbocycles. The number of aromatic carboxylic acids is 1. The summed E-state index contributed by atoms with van der Waals surface area (Å²) in [4.78, 5) is 12.4. The second-order valence-electron chi connectivity index (χ2n) is 4.43. The van der Waals surface area contributed by atoms with Gasteiger partial charge < -0.3 is 10.4 Å². The van der Waals surface area contributed by atoms with Crippen LogP contribution in [0.2, 0.25) is 0 Å². The number of carboxylic acid groups (broad SMARTS) is 1. The van der Waals surface area contributed by atoms with Crippen LogP contribution in [0.15, 0.2) is 30.3 Å². The molecule has 0 saturated heterocycles. The number of hydrogen-bond acceptors (Lipinski definition) is 3. The van der Waals surface area contributed by atoms with Crippen molar-refractivity contribution in [3.63, 3.8) is 0 Å². The lowest BCUT2D eigenvalue weighted by Gasteiger charge is -2.06. The third kappa shape index (κ3) is 3.35. The minimum absolute atomic E-state index is 0.399. The maximum absolute atomic E-state index is 10.9. The summed E-state index contributed by atoms with van der Waals surface area (Å²) in [7, 11) is 0. The predicted molar refractivity (Wildman–Crippen MR) is 79.2 cm³/mol. The average molecular weight is 275 g/mol. The van der Waals surface area contributed by atoms with Crippen LogP contribution in [0.25, 0.3) is 0 Å². The monoisotopic (exact) mass is 275 g/mol. The zero-order valence-electron chi connectivity index (χ0n) is 11.1. The Morgan fingerprint density at radius 2 is 2.00 bits per heavy atom. The van der Waals surface area contributed by atoms with Gasteiger partial charge in [0.25, 0.3) is 0 Å². The predicted octanol–water partition coefficient (Wildman–Crippen LogP) is 3.93. The van der Waals surface area contributed by atoms with Gasteiger partial charge in [-0.05, 0) is 42.7 Å². The van der Waals surface area contributed by atoms with Gasteiger partial charge in [0.15, 0.2) is 0 Å². The Kier molecular flexibility index (Phi) is 4.22. The Morgan fingerprint density at radius 1 is 1.32 bits per heavy atom. The van der Waals surface area contributed by atoms with Gasteiger partial charge >= 0.3 is 5.97 Å². The van der Waals surface area contributed by atoms with Gasteiger partial charge in [0, 0.05) is 17.1 Å². The van der Waals surface area contributed by atoms with Gasteiger partial charge in [-0.2, -0.15) is 0 Å². The third-order valence-electron chi connectivity index (χ3n) is 3.05. The van der Waals surface area contributed by atoms with Gasteiger partial charge in [0.1, 0.15) is 4.88 Å². The molecule has 3 nitrogen and oxygen atoms in total. The zero-order chi connectivity index (χ0) is 13.8. The molecule has 0 aliphatic carbocycles. The van der Waals surface area contributed by atoms with E-state index in [1.807, 2.05) is 6.92 Å². The van der Waals surface area contributed by atoms with E-state index in [0.29, 0.717) is 11.4 Å². The summed E-state index contributed by atoms with van der Waals surface area (Å²) in [6, 6.07) is 10.0. The van der Waals surface area contributed by atoms with Crippen molar-refractivity contribution < 1.29 is 9.90 Å². The number of carbonyl (C=O) groups is 1. The maximum Gasteiger partial charge on any atom is 0.345 e. The Bertz CT molecular complexity index is 572. The quantitative estimate of drug-likeness (QED) is 0.869. The van der Waals surface area contributed by atoms with Crippen LogP contribution in [0, 0.1) is 6.92 Å². The highest BCUT2D eigenvalue weighted by Gasteiger charge is 2.10. The van der Waals surface area contributed by atoms with Crippen molar-refractivity contribution in [2.45, 2.75) is 26.8 Å². The molecule has 2 aromatic rings. The molecule has 0 radical (unpaired) electrons. The van der Waals surface area contributed by atoms with Crippen molar-refractivity contribution in [1.82, 2.24) is 0 Å². The molecule has 0 unspecified atom stereocenters. The lowest BCUT2D eigenvalue weighted by molar-refractivity contribution is 0.0702. The van der Waals surface area contributed by atoms with E-state index >= 15 is 0 Å². The van der Waals surface area contributed by atoms with Gasteiger partial charge in [0.05, 0.1) is 0 Å². The molecule has 0 aliphatic heterocycles. The van der Waals surface area contributed by atoms with Crippen molar-refractivity contribution in [2.24, 2.45) is 0 Å². The minimum atomic E-state index is -0.855. The molecule has 100 valence electrons. The molecule has 0 atom stereocenters. The molecule has 0 saturated carbocycles. The van der Waals surface area contributed by atoms with Gasteiger partial charge in [-0.3, -0.25) is 0 Å². The van der Waals surface area contributed by atoms with Crippen molar-refractivity contribution in [1.29, 1.82) is 0 Å². The number of aryl methyl sites for hydroxylation is 2. The van der Waals surface area contributed by atoms with Crippen LogP contribution in [0.3, 0.4) is 0 Å². The first-order valence-electron chi connectivity index (χ1n) is 6.25. The third-order valence-corrected chi connectivity index (χ3v) is 4.27. The fourth-order valence-electron chi connectivity index (χ4n) is 1.84. The summed E-state index contributed by atoms with van der Waals surface area (Å²) in [5.74, 6) is -0.855. The van der Waals surface area contributed by atoms with E-state index in [9.17, 15) is 4.79 Å². The number of rotatable bonds is 5. The topological polar surface area (TPSA) is 49.3 Å². The lowest BCUT2D eigenvalue weighted by Crippen LogP contribution is -1.98. The van der Waals surface area contributed by atoms with Crippen LogP contribution < -0.4 is 5.32 Å². The normalized spacial score (nSPS) is 10.4. The molecule has 0 fully saturated rings. The molecule has 1 heterocycles. The molecule has 4 heteroatoms. The molecule has 0 aliphatic rings. The molecular formula is C15H17NO2S. The summed E-state index contributed by atoms with van der Waals surface area (Å²) in [6.45, 7) is 4.74. The molecule has 19 heavy (non-hydrogen) atoms. The molecule has 0 spiro atoms. The first kappa shape index (κ1) is 13.6. The van der Waals surface area contributed by atoms with Crippen LogP contribution >= 0.6 is 11.3 Å². The van der Waals surface area contributed by atoms with E-state index in [1.165, 1.54) is 16.9 Å². The van der Waals surface area contributed by atoms with Crippen molar-refractivity contribution in [3.8, 4) is 0 Å². The lowest BCUT2D eigenvalue weighted by atomic mass is 10.1. The summed E-state index contributed by atoms with van der Waals surface area (Å²) in [6.07, 6.45) is 1.03. The largest absolute Gasteiger partial charge is 0.477 e. The van der Waals surface area contributed by atoms with E-state index in [0.717, 1.165) is 22.5 Å². The summed E-state index contributed by atoms with van der Waals surface area (Å²) in [5.41, 5.74) is 3.40. The highest BCUT2D eigenvalue weighted by Crippen LogP contribution is 2.23. The first-order valence-corrected chi connectivity index (χ1v) is 7.07. The first-order chi connectivity index (χ1) is 9.10. The van der Waals surface area contributed by atoms with Crippen LogP contribution in [-0.2, 0) is 13.0 Å². The average Bonchev–Trinajstić information content (AvgIpc) is 2.79. The maximum atomic E-state index is 10.9. The Labute approximate surface area is 116 Å². The summed E-state index contributed by atoms with van der Waals surface area (Å²) < 4.78 is 0. The number of anilines is 1. The molecular weight excluding hydrogens is 258 g/mol. The van der Waals surface area contributed by atoms with Crippen LogP contribution in [0.1, 0.15) is 32.6 Å². The number of hydrogen-bond donors (Lipinski definition) is 2. The molecule has 2 N–H and O–H groups in total. The molecule has 0 amide bonds. The van der Waals surface area contributed by atoms with Gasteiger partial charge in [0.2, 0.25) is 0 Å². The van der Waals surface area contributed by atoms with E-state index in [1.54, 1.807) is 6.07 Å². The van der Waals surface area contributed by atoms with E-state index in [2.05, 4.69) is 36.5 Å². The minimum Gasteiger partial charge on any atom is -0.477 e. The van der Waals surface area contributed by atoms with Crippen LogP contribution in [-0.4, -0.2) is 11.1 Å². The van der Waals surface area contributed by atoms with Crippen LogP contribution in [0.4, 0.5) is 5.69 Å². The molecule has 2 rings (SSSR count). The standard InChI is InChI=1S/C15H17NO2S/c1-3-11-4-6-12(7-5-11)16-9-14-10(2)8-13(19-14)15(17)18/h4-8,16H,3,9H2,1-2H3,(H,17,18). The SMILES string of the molecule is CCc1ccc(NCc2sc(C(=O)O)cc2C)cc1. The number of benzene rings is 1. The number of carboxylic acids is 1. The van der Waals surface area contributed by atoms with Crippen molar-refractivity contribution in [3.05, 3.63) is 51.2 Å². The van der Waals surface area contributed by atoms with Gasteiger partial charge in [-0.15, -0.1) is 11.3 Å². The van der Waals surface area contributed by atoms with Crippen LogP contribution in [0.5, 0.6) is 0 Å². The Hall–Kier alpha value is -1.81. The zero-order valence-corrected chi connectivity index (χ0v) is 11.9. The van der Waals surface area contributed by atoms with Crippen molar-refractivity contribution >= 4 is 23.0 Å². The summed E-state index contributed by atoms with van der Waals surface area (Å²) in [5, 5.41) is 12.3. The highest BCUT2D eigenvalue weighted by molar-refractivity contribution is 7.14. The second kappa shape index (κ2) is 5.89. The molecule has 0 bridgehead atoms. The van der Waals surface area contributed by atoms with E-state index in [4.69, 9.17) is 5.11 Å². The van der Waals surface area contributed by atoms with E-state index in [-0.39, 0.29) is 0 Å². The van der Waals surface area contributed by atoms with Gasteiger partial charge in [-0.25, -0.2) is 4.79 Å². The van der Waals surface area contributed by atoms with E-state index < -0.39 is 5.97 Å². The Balaban J connectivity index is 2.03. The highest BCUT2D eigenvalue weighted by atomic mass is 32.1. The Morgan fingerprint density at radius 3 is 2.53 bits per heavy atom. The number of nitrogens with one attached hydrogen (secondary N) is 1. The fraction of sp³-hybridized carbons (Fsp3) is 0.267. The summed E-state index contributed by atoms with van der Waals surface area (Å²) >= 11 is 1.33. The van der Waals surface area contributed by atoms with Crippen molar-refractivity contribution in [2.75, 3.05) is 5.32 Å².